The molecule has 2 atom stereocenters. The number of halogens is 1. The molecule has 1 aromatic heterocycles. The lowest BCUT2D eigenvalue weighted by Gasteiger charge is -2.32. The molecule has 1 aliphatic rings. The molecule has 0 unspecified atom stereocenters. The molecule has 0 aliphatic carbocycles. The number of benzene rings is 3. The number of fused-ring (bicyclic) bond motifs is 1. The van der Waals surface area contributed by atoms with E-state index in [2.05, 4.69) is 15.6 Å². The van der Waals surface area contributed by atoms with Gasteiger partial charge < -0.3 is 14.8 Å². The first kappa shape index (κ1) is 26.9. The van der Waals surface area contributed by atoms with Crippen LogP contribution in [-0.2, 0) is 25.6 Å². The first-order valence-electron chi connectivity index (χ1n) is 12.9. The molecule has 1 saturated heterocycles. The first-order chi connectivity index (χ1) is 19.5. The maximum absolute atomic E-state index is 15.3. The predicted octanol–water partition coefficient (Wildman–Crippen LogP) is 3.43. The van der Waals surface area contributed by atoms with Gasteiger partial charge in [0.2, 0.25) is 11.8 Å². The minimum atomic E-state index is -1.37. The zero-order chi connectivity index (χ0) is 28.1. The molecule has 4 aromatic rings. The Morgan fingerprint density at radius 3 is 2.58 bits per heavy atom. The van der Waals surface area contributed by atoms with Crippen LogP contribution in [0.2, 0.25) is 0 Å². The van der Waals surface area contributed by atoms with Crippen LogP contribution in [0.5, 0.6) is 0 Å². The molecular weight excluding hydrogens is 517 g/mol. The summed E-state index contributed by atoms with van der Waals surface area (Å²) in [6.45, 7) is 0.560. The van der Waals surface area contributed by atoms with Gasteiger partial charge in [-0.2, -0.15) is 0 Å². The predicted molar refractivity (Wildman–Crippen MR) is 144 cm³/mol. The summed E-state index contributed by atoms with van der Waals surface area (Å²) in [6.07, 6.45) is 1.53. The van der Waals surface area contributed by atoms with Gasteiger partial charge >= 0.3 is 5.97 Å². The van der Waals surface area contributed by atoms with Crippen molar-refractivity contribution in [3.63, 3.8) is 0 Å². The van der Waals surface area contributed by atoms with Gasteiger partial charge in [-0.05, 0) is 55.3 Å². The lowest BCUT2D eigenvalue weighted by Crippen LogP contribution is -2.47. The molecule has 0 spiro atoms. The minimum Gasteiger partial charge on any atom is -0.465 e. The Morgan fingerprint density at radius 1 is 1.10 bits per heavy atom. The number of amides is 2. The number of hydrogen-bond donors (Lipinski definition) is 1. The Balaban J connectivity index is 1.56. The van der Waals surface area contributed by atoms with Crippen molar-refractivity contribution >= 4 is 34.5 Å². The van der Waals surface area contributed by atoms with Gasteiger partial charge in [-0.3, -0.25) is 14.5 Å². The van der Waals surface area contributed by atoms with Crippen molar-refractivity contribution in [3.05, 3.63) is 89.7 Å². The van der Waals surface area contributed by atoms with Crippen LogP contribution in [0, 0.1) is 5.82 Å². The molecule has 1 N–H and O–H groups in total. The van der Waals surface area contributed by atoms with Gasteiger partial charge in [0.1, 0.15) is 23.9 Å². The van der Waals surface area contributed by atoms with Crippen molar-refractivity contribution in [1.29, 1.82) is 0 Å². The van der Waals surface area contributed by atoms with Gasteiger partial charge in [0.15, 0.2) is 0 Å². The minimum absolute atomic E-state index is 0.0150. The van der Waals surface area contributed by atoms with Gasteiger partial charge in [0, 0.05) is 24.4 Å². The number of anilines is 1. The van der Waals surface area contributed by atoms with Crippen LogP contribution in [0.3, 0.4) is 0 Å². The van der Waals surface area contributed by atoms with E-state index in [1.54, 1.807) is 24.3 Å². The fourth-order valence-electron chi connectivity index (χ4n) is 4.76. The molecule has 11 heteroatoms. The van der Waals surface area contributed by atoms with Crippen LogP contribution in [-0.4, -0.2) is 59.1 Å². The van der Waals surface area contributed by atoms with Crippen LogP contribution in [0.4, 0.5) is 10.1 Å². The number of rotatable bonds is 9. The Morgan fingerprint density at radius 2 is 1.85 bits per heavy atom. The number of methoxy groups -OCH3 is 1. The smallest absolute Gasteiger partial charge is 0.337 e. The number of aromatic nitrogens is 3. The first-order valence-corrected chi connectivity index (χ1v) is 12.9. The summed E-state index contributed by atoms with van der Waals surface area (Å²) >= 11 is 0. The summed E-state index contributed by atoms with van der Waals surface area (Å²) < 4.78 is 27.1. The molecule has 0 radical (unpaired) electrons. The normalized spacial score (nSPS) is 15.5. The van der Waals surface area contributed by atoms with E-state index in [1.807, 2.05) is 6.07 Å². The van der Waals surface area contributed by atoms with Crippen LogP contribution >= 0.6 is 0 Å². The highest BCUT2D eigenvalue weighted by atomic mass is 19.1. The number of nitrogens with zero attached hydrogens (tertiary/aromatic N) is 4. The van der Waals surface area contributed by atoms with Crippen molar-refractivity contribution < 1.29 is 28.2 Å². The zero-order valence-corrected chi connectivity index (χ0v) is 21.8. The molecule has 40 heavy (non-hydrogen) atoms. The molecule has 1 aliphatic heterocycles. The topological polar surface area (TPSA) is 116 Å². The molecule has 5 rings (SSSR count). The van der Waals surface area contributed by atoms with Crippen molar-refractivity contribution in [2.24, 2.45) is 0 Å². The van der Waals surface area contributed by atoms with E-state index in [9.17, 15) is 14.4 Å². The van der Waals surface area contributed by atoms with Crippen LogP contribution < -0.4 is 10.2 Å². The lowest BCUT2D eigenvalue weighted by atomic mass is 10.0. The Kier molecular flexibility index (Phi) is 8.11. The van der Waals surface area contributed by atoms with Crippen molar-refractivity contribution in [3.8, 4) is 0 Å². The van der Waals surface area contributed by atoms with Crippen LogP contribution in [0.25, 0.3) is 11.0 Å². The second kappa shape index (κ2) is 12.0. The summed E-state index contributed by atoms with van der Waals surface area (Å²) in [5.74, 6) is -2.31. The lowest BCUT2D eigenvalue weighted by molar-refractivity contribution is -0.127. The third kappa shape index (κ3) is 5.69. The van der Waals surface area contributed by atoms with E-state index in [4.69, 9.17) is 9.47 Å². The van der Waals surface area contributed by atoms with Gasteiger partial charge in [0.25, 0.3) is 0 Å². The molecule has 2 heterocycles. The van der Waals surface area contributed by atoms with Crippen molar-refractivity contribution in [1.82, 2.24) is 20.3 Å². The fourth-order valence-corrected chi connectivity index (χ4v) is 4.76. The second-order valence-electron chi connectivity index (χ2n) is 9.34. The second-order valence-corrected chi connectivity index (χ2v) is 9.34. The van der Waals surface area contributed by atoms with E-state index < -0.39 is 29.6 Å². The van der Waals surface area contributed by atoms with E-state index in [0.29, 0.717) is 17.6 Å². The van der Waals surface area contributed by atoms with Gasteiger partial charge in [0.05, 0.1) is 24.3 Å². The Labute approximate surface area is 229 Å². The summed E-state index contributed by atoms with van der Waals surface area (Å²) in [6, 6.07) is 17.6. The maximum Gasteiger partial charge on any atom is 0.337 e. The number of para-hydroxylation sites is 1. The Bertz CT molecular complexity index is 1520. The van der Waals surface area contributed by atoms with Crippen LogP contribution in [0.15, 0.2) is 72.8 Å². The highest BCUT2D eigenvalue weighted by Crippen LogP contribution is 2.31. The van der Waals surface area contributed by atoms with E-state index in [1.165, 1.54) is 59.2 Å². The standard InChI is InChI=1S/C29H28FN5O5/c1-39-29(38)19-12-14-20(15-13-19)35(26(36)18-34-25-11-5-4-10-24(25)32-33-34)27(22-8-2-3-9-23(22)30)28(37)31-17-21-7-6-16-40-21/h2-5,8-15,21,27H,6-7,16-18H2,1H3,(H,31,37)/t21-,27-/m1/s1. The molecule has 3 aromatic carbocycles. The van der Waals surface area contributed by atoms with Crippen LogP contribution in [0.1, 0.15) is 34.8 Å². The summed E-state index contributed by atoms with van der Waals surface area (Å²) in [5.41, 5.74) is 1.78. The van der Waals surface area contributed by atoms with Crippen molar-refractivity contribution in [2.45, 2.75) is 31.5 Å². The highest BCUT2D eigenvalue weighted by molar-refractivity contribution is 6.02. The molecule has 0 bridgehead atoms. The molecule has 206 valence electrons. The SMILES string of the molecule is COC(=O)c1ccc(N(C(=O)Cn2nnc3ccccc32)[C@@H](C(=O)NC[C@H]2CCCO2)c2ccccc2F)cc1. The largest absolute Gasteiger partial charge is 0.465 e. The number of hydrogen-bond acceptors (Lipinski definition) is 7. The molecular formula is C29H28FN5O5. The third-order valence-electron chi connectivity index (χ3n) is 6.77. The van der Waals surface area contributed by atoms with E-state index in [-0.39, 0.29) is 36.0 Å². The molecule has 1 fully saturated rings. The number of carbonyl (C=O) groups is 3. The number of nitrogens with one attached hydrogen (secondary N) is 1. The molecule has 2 amide bonds. The number of carbonyl (C=O) groups excluding carboxylic acids is 3. The van der Waals surface area contributed by atoms with E-state index >= 15 is 4.39 Å². The fraction of sp³-hybridized carbons (Fsp3) is 0.276. The molecule has 10 nitrogen and oxygen atoms in total. The summed E-state index contributed by atoms with van der Waals surface area (Å²) in [7, 11) is 1.27. The average Bonchev–Trinajstić information content (AvgIpc) is 3.65. The number of esters is 1. The van der Waals surface area contributed by atoms with Gasteiger partial charge in [-0.25, -0.2) is 13.9 Å². The number of ether oxygens (including phenoxy) is 2. The molecule has 0 saturated carbocycles. The summed E-state index contributed by atoms with van der Waals surface area (Å²) in [4.78, 5) is 41.1. The third-order valence-corrected chi connectivity index (χ3v) is 6.77. The summed E-state index contributed by atoms with van der Waals surface area (Å²) in [5, 5.41) is 11.1. The van der Waals surface area contributed by atoms with Crippen molar-refractivity contribution in [2.75, 3.05) is 25.2 Å². The maximum atomic E-state index is 15.3. The Hall–Kier alpha value is -4.64. The highest BCUT2D eigenvalue weighted by Gasteiger charge is 2.35. The van der Waals surface area contributed by atoms with Gasteiger partial charge in [-0.1, -0.05) is 35.5 Å². The average molecular weight is 546 g/mol. The monoisotopic (exact) mass is 545 g/mol. The zero-order valence-electron chi connectivity index (χ0n) is 21.8. The van der Waals surface area contributed by atoms with E-state index in [0.717, 1.165) is 12.8 Å². The quantitative estimate of drug-likeness (QED) is 0.321. The van der Waals surface area contributed by atoms with Gasteiger partial charge in [-0.15, -0.1) is 5.10 Å².